The first kappa shape index (κ1) is 16.0. The van der Waals surface area contributed by atoms with Crippen molar-refractivity contribution in [1.82, 2.24) is 19.7 Å². The first-order valence-corrected chi connectivity index (χ1v) is 10.0. The maximum absolute atomic E-state index is 4.94. The highest BCUT2D eigenvalue weighted by atomic mass is 32.1. The Morgan fingerprint density at radius 3 is 2.50 bits per heavy atom. The second kappa shape index (κ2) is 6.18. The first-order chi connectivity index (χ1) is 12.7. The van der Waals surface area contributed by atoms with E-state index < -0.39 is 0 Å². The lowest BCUT2D eigenvalue weighted by Gasteiger charge is -2.27. The van der Waals surface area contributed by atoms with Crippen LogP contribution in [0.5, 0.6) is 0 Å². The predicted molar refractivity (Wildman–Crippen MR) is 109 cm³/mol. The summed E-state index contributed by atoms with van der Waals surface area (Å²) in [4.78, 5) is 7.35. The van der Waals surface area contributed by atoms with Gasteiger partial charge in [-0.05, 0) is 68.4 Å². The number of likely N-dealkylation sites (tertiary alicyclic amines) is 1. The summed E-state index contributed by atoms with van der Waals surface area (Å²) in [5.41, 5.74) is 4.67. The van der Waals surface area contributed by atoms with Crippen LogP contribution < -0.4 is 0 Å². The zero-order chi connectivity index (χ0) is 17.7. The molecule has 0 spiro atoms. The van der Waals surface area contributed by atoms with E-state index in [1.54, 1.807) is 0 Å². The van der Waals surface area contributed by atoms with E-state index >= 15 is 0 Å². The lowest BCUT2D eigenvalue weighted by Crippen LogP contribution is -2.29. The Kier molecular flexibility index (Phi) is 3.80. The molecule has 0 amide bonds. The third-order valence-corrected chi connectivity index (χ3v) is 6.61. The maximum Gasteiger partial charge on any atom is 0.0970 e. The van der Waals surface area contributed by atoms with Gasteiger partial charge in [0, 0.05) is 24.5 Å². The number of hydrogen-bond donors (Lipinski definition) is 0. The summed E-state index contributed by atoms with van der Waals surface area (Å²) in [5, 5.41) is 6.96. The van der Waals surface area contributed by atoms with Crippen LogP contribution in [0.2, 0.25) is 0 Å². The van der Waals surface area contributed by atoms with Crippen molar-refractivity contribution in [3.05, 3.63) is 47.6 Å². The molecule has 0 N–H and O–H groups in total. The van der Waals surface area contributed by atoms with Gasteiger partial charge in [-0.3, -0.25) is 4.68 Å². The monoisotopic (exact) mass is 362 g/mol. The summed E-state index contributed by atoms with van der Waals surface area (Å²) in [6.45, 7) is 2.36. The zero-order valence-corrected chi connectivity index (χ0v) is 16.0. The van der Waals surface area contributed by atoms with Crippen LogP contribution in [0.15, 0.2) is 42.6 Å². The van der Waals surface area contributed by atoms with Crippen LogP contribution in [0, 0.1) is 0 Å². The SMILES string of the molecule is CN1CCC(c2nc3ccc(-c4ccc5nn(C)cc5c4)cc3s2)CC1. The second-order valence-electron chi connectivity index (χ2n) is 7.39. The lowest BCUT2D eigenvalue weighted by molar-refractivity contribution is 0.255. The summed E-state index contributed by atoms with van der Waals surface area (Å²) in [5.74, 6) is 0.624. The van der Waals surface area contributed by atoms with E-state index in [1.165, 1.54) is 52.2 Å². The van der Waals surface area contributed by atoms with Gasteiger partial charge in [-0.25, -0.2) is 4.98 Å². The van der Waals surface area contributed by atoms with E-state index in [9.17, 15) is 0 Å². The standard InChI is InChI=1S/C21H22N4S/c1-24-9-7-14(8-10-24)21-22-19-6-4-16(12-20(19)26-21)15-3-5-18-17(11-15)13-25(2)23-18/h3-6,11-14H,7-10H2,1-2H3. The van der Waals surface area contributed by atoms with Crippen LogP contribution in [0.1, 0.15) is 23.8 Å². The molecule has 2 aromatic carbocycles. The van der Waals surface area contributed by atoms with Crippen molar-refractivity contribution in [3.63, 3.8) is 0 Å². The zero-order valence-electron chi connectivity index (χ0n) is 15.1. The Labute approximate surface area is 157 Å². The Balaban J connectivity index is 1.50. The smallest absolute Gasteiger partial charge is 0.0970 e. The number of rotatable bonds is 2. The summed E-state index contributed by atoms with van der Waals surface area (Å²) < 4.78 is 3.16. The molecule has 3 heterocycles. The molecule has 1 aliphatic rings. The number of fused-ring (bicyclic) bond motifs is 2. The van der Waals surface area contributed by atoms with Crippen molar-refractivity contribution in [1.29, 1.82) is 0 Å². The van der Waals surface area contributed by atoms with Gasteiger partial charge in [0.15, 0.2) is 0 Å². The van der Waals surface area contributed by atoms with Crippen molar-refractivity contribution >= 4 is 32.5 Å². The van der Waals surface area contributed by atoms with Gasteiger partial charge >= 0.3 is 0 Å². The van der Waals surface area contributed by atoms with Crippen molar-refractivity contribution in [2.75, 3.05) is 20.1 Å². The topological polar surface area (TPSA) is 34.0 Å². The maximum atomic E-state index is 4.94. The number of thiazole rings is 1. The molecule has 4 aromatic rings. The third kappa shape index (κ3) is 2.81. The van der Waals surface area contributed by atoms with Gasteiger partial charge in [0.25, 0.3) is 0 Å². The Morgan fingerprint density at radius 2 is 1.69 bits per heavy atom. The van der Waals surface area contributed by atoms with Gasteiger partial charge < -0.3 is 4.90 Å². The number of aryl methyl sites for hydroxylation is 1. The molecule has 4 nitrogen and oxygen atoms in total. The molecule has 0 atom stereocenters. The lowest BCUT2D eigenvalue weighted by atomic mass is 9.98. The number of aromatic nitrogens is 3. The van der Waals surface area contributed by atoms with Gasteiger partial charge in [0.2, 0.25) is 0 Å². The molecule has 1 aliphatic heterocycles. The number of benzene rings is 2. The fraction of sp³-hybridized carbons (Fsp3) is 0.333. The Hall–Kier alpha value is -2.24. The van der Waals surface area contributed by atoms with E-state index in [0.717, 1.165) is 11.0 Å². The normalized spacial score (nSPS) is 16.7. The second-order valence-corrected chi connectivity index (χ2v) is 8.45. The molecule has 0 bridgehead atoms. The average molecular weight is 363 g/mol. The van der Waals surface area contributed by atoms with Crippen LogP contribution in [0.25, 0.3) is 32.2 Å². The molecule has 0 radical (unpaired) electrons. The first-order valence-electron chi connectivity index (χ1n) is 9.18. The molecule has 2 aromatic heterocycles. The van der Waals surface area contributed by atoms with Crippen LogP contribution in [-0.4, -0.2) is 39.8 Å². The minimum atomic E-state index is 0.624. The summed E-state index contributed by atoms with van der Waals surface area (Å²) in [6.07, 6.45) is 4.52. The van der Waals surface area contributed by atoms with E-state index in [4.69, 9.17) is 4.98 Å². The van der Waals surface area contributed by atoms with Crippen LogP contribution in [-0.2, 0) is 7.05 Å². The number of piperidine rings is 1. The van der Waals surface area contributed by atoms with Crippen molar-refractivity contribution in [3.8, 4) is 11.1 Å². The van der Waals surface area contributed by atoms with Gasteiger partial charge in [-0.2, -0.15) is 5.10 Å². The molecule has 0 saturated carbocycles. The van der Waals surface area contributed by atoms with Crippen LogP contribution >= 0.6 is 11.3 Å². The highest BCUT2D eigenvalue weighted by molar-refractivity contribution is 7.18. The Morgan fingerprint density at radius 1 is 0.962 bits per heavy atom. The third-order valence-electron chi connectivity index (χ3n) is 5.43. The summed E-state index contributed by atoms with van der Waals surface area (Å²) in [7, 11) is 4.17. The predicted octanol–water partition coefficient (Wildman–Crippen LogP) is 4.66. The molecular weight excluding hydrogens is 340 g/mol. The van der Waals surface area contributed by atoms with Gasteiger partial charge in [0.1, 0.15) is 0 Å². The quantitative estimate of drug-likeness (QED) is 0.520. The highest BCUT2D eigenvalue weighted by Crippen LogP contribution is 2.35. The summed E-state index contributed by atoms with van der Waals surface area (Å²) in [6, 6.07) is 13.2. The molecule has 0 unspecified atom stereocenters. The van der Waals surface area contributed by atoms with E-state index in [2.05, 4.69) is 59.6 Å². The van der Waals surface area contributed by atoms with Crippen LogP contribution in [0.3, 0.4) is 0 Å². The van der Waals surface area contributed by atoms with Crippen molar-refractivity contribution in [2.24, 2.45) is 7.05 Å². The fourth-order valence-electron chi connectivity index (χ4n) is 3.88. The summed E-state index contributed by atoms with van der Waals surface area (Å²) >= 11 is 1.88. The minimum absolute atomic E-state index is 0.624. The minimum Gasteiger partial charge on any atom is -0.306 e. The van der Waals surface area contributed by atoms with E-state index in [1.807, 2.05) is 23.1 Å². The molecule has 26 heavy (non-hydrogen) atoms. The molecule has 5 heteroatoms. The van der Waals surface area contributed by atoms with Crippen LogP contribution in [0.4, 0.5) is 0 Å². The molecule has 1 saturated heterocycles. The number of nitrogens with zero attached hydrogens (tertiary/aromatic N) is 4. The fourth-order valence-corrected chi connectivity index (χ4v) is 5.06. The largest absolute Gasteiger partial charge is 0.306 e. The molecule has 132 valence electrons. The van der Waals surface area contributed by atoms with Gasteiger partial charge in [-0.1, -0.05) is 12.1 Å². The molecule has 5 rings (SSSR count). The number of hydrogen-bond acceptors (Lipinski definition) is 4. The molecule has 1 fully saturated rings. The van der Waals surface area contributed by atoms with E-state index in [-0.39, 0.29) is 0 Å². The Bertz CT molecular complexity index is 1090. The van der Waals surface area contributed by atoms with Crippen molar-refractivity contribution in [2.45, 2.75) is 18.8 Å². The molecular formula is C21H22N4S. The van der Waals surface area contributed by atoms with Crippen molar-refractivity contribution < 1.29 is 0 Å². The highest BCUT2D eigenvalue weighted by Gasteiger charge is 2.21. The molecule has 0 aliphatic carbocycles. The van der Waals surface area contributed by atoms with Gasteiger partial charge in [-0.15, -0.1) is 11.3 Å². The average Bonchev–Trinajstić information content (AvgIpc) is 3.23. The van der Waals surface area contributed by atoms with Gasteiger partial charge in [0.05, 0.1) is 20.7 Å². The van der Waals surface area contributed by atoms with E-state index in [0.29, 0.717) is 5.92 Å².